The number of hydrogen-bond acceptors (Lipinski definition) is 4. The van der Waals surface area contributed by atoms with E-state index >= 15 is 0 Å². The highest BCUT2D eigenvalue weighted by Gasteiger charge is 2.34. The number of ether oxygens (including phenoxy) is 1. The largest absolute Gasteiger partial charge is 0.497 e. The van der Waals surface area contributed by atoms with Crippen LogP contribution in [-0.2, 0) is 0 Å². The van der Waals surface area contributed by atoms with Gasteiger partial charge in [-0.1, -0.05) is 12.1 Å². The first-order valence-electron chi connectivity index (χ1n) is 6.87. The number of nitrogens with one attached hydrogen (secondary N) is 1. The zero-order valence-electron chi connectivity index (χ0n) is 11.8. The third-order valence-corrected chi connectivity index (χ3v) is 3.90. The summed E-state index contributed by atoms with van der Waals surface area (Å²) in [5.74, 6) is 1.20. The highest BCUT2D eigenvalue weighted by atomic mass is 16.5. The van der Waals surface area contributed by atoms with Gasteiger partial charge in [-0.25, -0.2) is 4.98 Å². The van der Waals surface area contributed by atoms with Crippen molar-refractivity contribution >= 4 is 5.91 Å². The summed E-state index contributed by atoms with van der Waals surface area (Å²) in [6.07, 6.45) is 3.22. The van der Waals surface area contributed by atoms with E-state index in [1.807, 2.05) is 24.3 Å². The zero-order chi connectivity index (χ0) is 14.8. The van der Waals surface area contributed by atoms with Gasteiger partial charge < -0.3 is 20.4 Å². The van der Waals surface area contributed by atoms with Crippen molar-refractivity contribution in [3.05, 3.63) is 48.0 Å². The number of rotatable bonds is 3. The third kappa shape index (κ3) is 2.62. The van der Waals surface area contributed by atoms with Crippen LogP contribution in [0.5, 0.6) is 5.75 Å². The molecule has 1 aliphatic heterocycles. The van der Waals surface area contributed by atoms with Crippen LogP contribution in [0, 0.1) is 0 Å². The van der Waals surface area contributed by atoms with Crippen molar-refractivity contribution in [3.63, 3.8) is 0 Å². The van der Waals surface area contributed by atoms with Gasteiger partial charge in [0.05, 0.1) is 7.11 Å². The number of H-pyrrole nitrogens is 1. The first-order chi connectivity index (χ1) is 10.2. The average molecular weight is 286 g/mol. The summed E-state index contributed by atoms with van der Waals surface area (Å²) in [6, 6.07) is 7.77. The quantitative estimate of drug-likeness (QED) is 0.881. The molecule has 1 saturated heterocycles. The van der Waals surface area contributed by atoms with Crippen molar-refractivity contribution < 1.29 is 9.53 Å². The van der Waals surface area contributed by atoms with Crippen molar-refractivity contribution in [3.8, 4) is 5.75 Å². The summed E-state index contributed by atoms with van der Waals surface area (Å²) in [7, 11) is 1.64. The van der Waals surface area contributed by atoms with Crippen LogP contribution >= 0.6 is 0 Å². The number of hydrogen-bond donors (Lipinski definition) is 2. The van der Waals surface area contributed by atoms with Crippen molar-refractivity contribution in [2.75, 3.05) is 20.2 Å². The molecule has 1 fully saturated rings. The number of nitrogens with two attached hydrogens (primary N) is 1. The maximum Gasteiger partial charge on any atom is 0.289 e. The molecule has 3 rings (SSSR count). The van der Waals surface area contributed by atoms with Gasteiger partial charge >= 0.3 is 0 Å². The minimum atomic E-state index is -0.105. The van der Waals surface area contributed by atoms with Crippen molar-refractivity contribution in [2.24, 2.45) is 5.73 Å². The SMILES string of the molecule is COc1ccc(C2CN(C(=O)c3ncc[nH]3)CC2N)cc1. The summed E-state index contributed by atoms with van der Waals surface area (Å²) >= 11 is 0. The van der Waals surface area contributed by atoms with Crippen LogP contribution in [0.15, 0.2) is 36.7 Å². The van der Waals surface area contributed by atoms with E-state index in [0.29, 0.717) is 18.9 Å². The Balaban J connectivity index is 1.75. The van der Waals surface area contributed by atoms with E-state index in [1.54, 1.807) is 24.4 Å². The number of amides is 1. The van der Waals surface area contributed by atoms with Crippen LogP contribution in [-0.4, -0.2) is 47.0 Å². The fourth-order valence-corrected chi connectivity index (χ4v) is 2.73. The standard InChI is InChI=1S/C15H18N4O2/c1-21-11-4-2-10(3-5-11)12-8-19(9-13(12)16)15(20)14-17-6-7-18-14/h2-7,12-13H,8-9,16H2,1H3,(H,17,18). The normalized spacial score (nSPS) is 21.5. The maximum absolute atomic E-state index is 12.3. The number of carbonyl (C=O) groups excluding carboxylic acids is 1. The molecule has 3 N–H and O–H groups in total. The second-order valence-corrected chi connectivity index (χ2v) is 5.19. The third-order valence-electron chi connectivity index (χ3n) is 3.90. The fraction of sp³-hybridized carbons (Fsp3) is 0.333. The first kappa shape index (κ1) is 13.6. The van der Waals surface area contributed by atoms with Gasteiger partial charge in [-0.3, -0.25) is 4.79 Å². The lowest BCUT2D eigenvalue weighted by Crippen LogP contribution is -2.32. The highest BCUT2D eigenvalue weighted by molar-refractivity contribution is 5.90. The smallest absolute Gasteiger partial charge is 0.289 e. The molecule has 0 spiro atoms. The van der Waals surface area contributed by atoms with Crippen LogP contribution in [0.25, 0.3) is 0 Å². The Hall–Kier alpha value is -2.34. The predicted molar refractivity (Wildman–Crippen MR) is 78.2 cm³/mol. The van der Waals surface area contributed by atoms with Gasteiger partial charge in [0.25, 0.3) is 5.91 Å². The van der Waals surface area contributed by atoms with Gasteiger partial charge in [0, 0.05) is 37.4 Å². The number of benzene rings is 1. The van der Waals surface area contributed by atoms with E-state index in [1.165, 1.54) is 0 Å². The molecular formula is C15H18N4O2. The molecule has 110 valence electrons. The van der Waals surface area contributed by atoms with Crippen LogP contribution in [0.3, 0.4) is 0 Å². The number of carbonyl (C=O) groups is 1. The molecule has 0 aliphatic carbocycles. The lowest BCUT2D eigenvalue weighted by atomic mass is 9.95. The lowest BCUT2D eigenvalue weighted by molar-refractivity contribution is 0.0778. The predicted octanol–water partition coefficient (Wildman–Crippen LogP) is 0.985. The van der Waals surface area contributed by atoms with Gasteiger partial charge in [0.15, 0.2) is 5.82 Å². The molecule has 2 unspecified atom stereocenters. The monoisotopic (exact) mass is 286 g/mol. The molecule has 6 nitrogen and oxygen atoms in total. The van der Waals surface area contributed by atoms with E-state index in [0.717, 1.165) is 11.3 Å². The van der Waals surface area contributed by atoms with Crippen LogP contribution in [0.4, 0.5) is 0 Å². The van der Waals surface area contributed by atoms with Crippen molar-refractivity contribution in [1.82, 2.24) is 14.9 Å². The molecule has 2 atom stereocenters. The summed E-state index contributed by atoms with van der Waals surface area (Å²) in [5, 5.41) is 0. The summed E-state index contributed by atoms with van der Waals surface area (Å²) in [5.41, 5.74) is 7.33. The van der Waals surface area contributed by atoms with Gasteiger partial charge in [0.2, 0.25) is 0 Å². The van der Waals surface area contributed by atoms with E-state index in [9.17, 15) is 4.79 Å². The molecule has 0 bridgehead atoms. The molecule has 1 amide bonds. The highest BCUT2D eigenvalue weighted by Crippen LogP contribution is 2.28. The number of aromatic amines is 1. The van der Waals surface area contributed by atoms with Crippen LogP contribution in [0.1, 0.15) is 22.1 Å². The summed E-state index contributed by atoms with van der Waals surface area (Å²) in [4.78, 5) is 20.9. The Morgan fingerprint density at radius 1 is 1.38 bits per heavy atom. The fourth-order valence-electron chi connectivity index (χ4n) is 2.73. The van der Waals surface area contributed by atoms with E-state index < -0.39 is 0 Å². The second kappa shape index (κ2) is 5.57. The Labute approximate surface area is 122 Å². The van der Waals surface area contributed by atoms with Crippen LogP contribution in [0.2, 0.25) is 0 Å². The van der Waals surface area contributed by atoms with E-state index in [2.05, 4.69) is 9.97 Å². The molecule has 1 aromatic heterocycles. The number of aromatic nitrogens is 2. The minimum absolute atomic E-state index is 0.0719. The maximum atomic E-state index is 12.3. The molecule has 1 aliphatic rings. The summed E-state index contributed by atoms with van der Waals surface area (Å²) in [6.45, 7) is 1.14. The number of methoxy groups -OCH3 is 1. The van der Waals surface area contributed by atoms with Crippen molar-refractivity contribution in [2.45, 2.75) is 12.0 Å². The second-order valence-electron chi connectivity index (χ2n) is 5.19. The van der Waals surface area contributed by atoms with Gasteiger partial charge in [-0.15, -0.1) is 0 Å². The van der Waals surface area contributed by atoms with Crippen molar-refractivity contribution in [1.29, 1.82) is 0 Å². The van der Waals surface area contributed by atoms with Gasteiger partial charge in [0.1, 0.15) is 5.75 Å². The first-order valence-corrected chi connectivity index (χ1v) is 6.87. The molecule has 1 aromatic carbocycles. The summed E-state index contributed by atoms with van der Waals surface area (Å²) < 4.78 is 5.16. The van der Waals surface area contributed by atoms with E-state index in [-0.39, 0.29) is 17.9 Å². The molecule has 6 heteroatoms. The van der Waals surface area contributed by atoms with Gasteiger partial charge in [-0.2, -0.15) is 0 Å². The molecule has 0 saturated carbocycles. The lowest BCUT2D eigenvalue weighted by Gasteiger charge is -2.15. The molecule has 2 aromatic rings. The Kier molecular flexibility index (Phi) is 3.62. The number of imidazole rings is 1. The van der Waals surface area contributed by atoms with Crippen LogP contribution < -0.4 is 10.5 Å². The number of nitrogens with zero attached hydrogens (tertiary/aromatic N) is 2. The minimum Gasteiger partial charge on any atom is -0.497 e. The zero-order valence-corrected chi connectivity index (χ0v) is 11.8. The number of likely N-dealkylation sites (tertiary alicyclic amines) is 1. The Morgan fingerprint density at radius 3 is 2.76 bits per heavy atom. The average Bonchev–Trinajstić information content (AvgIpc) is 3.16. The molecule has 2 heterocycles. The molecule has 0 radical (unpaired) electrons. The molecular weight excluding hydrogens is 268 g/mol. The van der Waals surface area contributed by atoms with Gasteiger partial charge in [-0.05, 0) is 17.7 Å². The topological polar surface area (TPSA) is 84.2 Å². The van der Waals surface area contributed by atoms with E-state index in [4.69, 9.17) is 10.5 Å². The molecule has 21 heavy (non-hydrogen) atoms. The Morgan fingerprint density at radius 2 is 2.14 bits per heavy atom. The Bertz CT molecular complexity index is 609.